The molecule has 0 spiro atoms. The molecule has 0 saturated carbocycles. The molecular weight excluding hydrogens is 236 g/mol. The van der Waals surface area contributed by atoms with E-state index in [0.29, 0.717) is 17.8 Å². The molecule has 96 valence electrons. The van der Waals surface area contributed by atoms with Gasteiger partial charge in [0.2, 0.25) is 5.91 Å². The van der Waals surface area contributed by atoms with Crippen LogP contribution in [0, 0.1) is 0 Å². The van der Waals surface area contributed by atoms with Crippen LogP contribution in [-0.2, 0) is 14.3 Å². The zero-order valence-corrected chi connectivity index (χ0v) is 10.2. The Balaban J connectivity index is 2.63. The second-order valence-electron chi connectivity index (χ2n) is 3.47. The van der Waals surface area contributed by atoms with Crippen molar-refractivity contribution in [2.24, 2.45) is 10.3 Å². The van der Waals surface area contributed by atoms with Crippen LogP contribution in [0.4, 0.5) is 11.4 Å². The van der Waals surface area contributed by atoms with E-state index in [-0.39, 0.29) is 12.6 Å². The fourth-order valence-corrected chi connectivity index (χ4v) is 1.14. The first-order valence-electron chi connectivity index (χ1n) is 5.17. The molecule has 0 saturated heterocycles. The second kappa shape index (κ2) is 7.00. The summed E-state index contributed by atoms with van der Waals surface area (Å²) >= 11 is 0. The van der Waals surface area contributed by atoms with Crippen LogP contribution in [0.1, 0.15) is 6.92 Å². The van der Waals surface area contributed by atoms with Crippen molar-refractivity contribution in [3.8, 4) is 0 Å². The van der Waals surface area contributed by atoms with E-state index in [4.69, 9.17) is 0 Å². The highest BCUT2D eigenvalue weighted by atomic mass is 16.5. The largest absolute Gasteiger partial charge is 0.445 e. The van der Waals surface area contributed by atoms with E-state index < -0.39 is 0 Å². The minimum Gasteiger partial charge on any atom is -0.445 e. The molecule has 7 nitrogen and oxygen atoms in total. The molecule has 7 heteroatoms. The van der Waals surface area contributed by atoms with Crippen LogP contribution < -0.4 is 5.32 Å². The summed E-state index contributed by atoms with van der Waals surface area (Å²) in [6, 6.07) is 6.92. The third-order valence-corrected chi connectivity index (χ3v) is 1.81. The summed E-state index contributed by atoms with van der Waals surface area (Å²) in [7, 11) is 1.62. The Kier molecular flexibility index (Phi) is 5.30. The van der Waals surface area contributed by atoms with Crippen LogP contribution in [0.15, 0.2) is 34.6 Å². The quantitative estimate of drug-likeness (QED) is 0.360. The van der Waals surface area contributed by atoms with Crippen molar-refractivity contribution in [3.05, 3.63) is 24.3 Å². The van der Waals surface area contributed by atoms with Crippen LogP contribution in [0.2, 0.25) is 0 Å². The lowest BCUT2D eigenvalue weighted by Crippen LogP contribution is -2.13. The van der Waals surface area contributed by atoms with Gasteiger partial charge in [-0.1, -0.05) is 11.3 Å². The first-order valence-corrected chi connectivity index (χ1v) is 5.17. The van der Waals surface area contributed by atoms with Crippen LogP contribution in [0.3, 0.4) is 0 Å². The highest BCUT2D eigenvalue weighted by molar-refractivity contribution is 5.89. The predicted octanol–water partition coefficient (Wildman–Crippen LogP) is 1.71. The van der Waals surface area contributed by atoms with Gasteiger partial charge in [-0.3, -0.25) is 9.59 Å². The Morgan fingerprint density at radius 3 is 3.00 bits per heavy atom. The van der Waals surface area contributed by atoms with Gasteiger partial charge in [0.1, 0.15) is 0 Å². The standard InChI is InChI=1S/C11H14N4O3/c1-9(17)12-10-4-3-5-11(6-10)13-14-15(2)7-18-8-16/h3-6,8H,7H2,1-2H3,(H,12,17). The highest BCUT2D eigenvalue weighted by Gasteiger charge is 1.97. The average molecular weight is 250 g/mol. The van der Waals surface area contributed by atoms with E-state index in [1.54, 1.807) is 31.3 Å². The molecular formula is C11H14N4O3. The molecule has 0 fully saturated rings. The van der Waals surface area contributed by atoms with Crippen LogP contribution in [-0.4, -0.2) is 31.2 Å². The summed E-state index contributed by atoms with van der Waals surface area (Å²) in [5.41, 5.74) is 1.23. The number of ether oxygens (including phenoxy) is 1. The topological polar surface area (TPSA) is 83.4 Å². The molecule has 1 N–H and O–H groups in total. The van der Waals surface area contributed by atoms with Gasteiger partial charge in [-0.05, 0) is 18.2 Å². The van der Waals surface area contributed by atoms with Crippen LogP contribution in [0.5, 0.6) is 0 Å². The fourth-order valence-electron chi connectivity index (χ4n) is 1.14. The molecule has 0 bridgehead atoms. The van der Waals surface area contributed by atoms with E-state index in [0.717, 1.165) is 0 Å². The summed E-state index contributed by atoms with van der Waals surface area (Å²) in [6.45, 7) is 1.79. The van der Waals surface area contributed by atoms with Gasteiger partial charge < -0.3 is 10.1 Å². The lowest BCUT2D eigenvalue weighted by atomic mass is 10.3. The molecule has 0 radical (unpaired) electrons. The van der Waals surface area contributed by atoms with Crippen LogP contribution in [0.25, 0.3) is 0 Å². The maximum absolute atomic E-state index is 10.9. The fraction of sp³-hybridized carbons (Fsp3) is 0.273. The molecule has 1 amide bonds. The molecule has 0 atom stereocenters. The van der Waals surface area contributed by atoms with Gasteiger partial charge in [0.15, 0.2) is 6.73 Å². The molecule has 0 aliphatic carbocycles. The lowest BCUT2D eigenvalue weighted by Gasteiger charge is -2.08. The molecule has 1 aromatic rings. The number of anilines is 1. The molecule has 0 heterocycles. The van der Waals surface area contributed by atoms with Gasteiger partial charge in [-0.15, -0.1) is 5.11 Å². The molecule has 1 rings (SSSR count). The molecule has 0 aliphatic heterocycles. The number of carbonyl (C=O) groups is 2. The van der Waals surface area contributed by atoms with Gasteiger partial charge in [0.05, 0.1) is 5.69 Å². The Hall–Kier alpha value is -2.44. The lowest BCUT2D eigenvalue weighted by molar-refractivity contribution is -0.132. The first-order chi connectivity index (χ1) is 8.61. The zero-order chi connectivity index (χ0) is 13.4. The van der Waals surface area contributed by atoms with Crippen molar-refractivity contribution in [2.75, 3.05) is 19.1 Å². The maximum atomic E-state index is 10.9. The summed E-state index contributed by atoms with van der Waals surface area (Å²) < 4.78 is 4.49. The van der Waals surface area contributed by atoms with Gasteiger partial charge in [0.25, 0.3) is 6.47 Å². The van der Waals surface area contributed by atoms with E-state index >= 15 is 0 Å². The zero-order valence-electron chi connectivity index (χ0n) is 10.2. The Morgan fingerprint density at radius 2 is 2.33 bits per heavy atom. The number of nitrogens with one attached hydrogen (secondary N) is 1. The third kappa shape index (κ3) is 5.06. The monoisotopic (exact) mass is 250 g/mol. The molecule has 0 unspecified atom stereocenters. The van der Waals surface area contributed by atoms with Crippen molar-refractivity contribution in [2.45, 2.75) is 6.92 Å². The van der Waals surface area contributed by atoms with Gasteiger partial charge in [-0.2, -0.15) is 0 Å². The van der Waals surface area contributed by atoms with Crippen LogP contribution >= 0.6 is 0 Å². The number of benzene rings is 1. The van der Waals surface area contributed by atoms with E-state index in [1.807, 2.05) is 0 Å². The van der Waals surface area contributed by atoms with Gasteiger partial charge >= 0.3 is 0 Å². The highest BCUT2D eigenvalue weighted by Crippen LogP contribution is 2.18. The average Bonchev–Trinajstić information content (AvgIpc) is 2.33. The SMILES string of the molecule is CC(=O)Nc1cccc(N=NN(C)COC=O)c1. The molecule has 1 aromatic carbocycles. The Labute approximate surface area is 104 Å². The summed E-state index contributed by atoms with van der Waals surface area (Å²) in [5, 5.41) is 11.7. The number of hydrogen-bond donors (Lipinski definition) is 1. The molecule has 18 heavy (non-hydrogen) atoms. The normalized spacial score (nSPS) is 10.1. The van der Waals surface area contributed by atoms with Crippen molar-refractivity contribution < 1.29 is 14.3 Å². The number of rotatable bonds is 6. The second-order valence-corrected chi connectivity index (χ2v) is 3.47. The number of hydrogen-bond acceptors (Lipinski definition) is 5. The van der Waals surface area contributed by atoms with Crippen molar-refractivity contribution in [1.82, 2.24) is 5.01 Å². The summed E-state index contributed by atoms with van der Waals surface area (Å²) in [6.07, 6.45) is 0. The van der Waals surface area contributed by atoms with Gasteiger partial charge in [0, 0.05) is 19.7 Å². The maximum Gasteiger partial charge on any atom is 0.294 e. The molecule has 0 aliphatic rings. The van der Waals surface area contributed by atoms with E-state index in [1.165, 1.54) is 11.9 Å². The molecule has 0 aromatic heterocycles. The van der Waals surface area contributed by atoms with E-state index in [9.17, 15) is 9.59 Å². The number of amides is 1. The number of nitrogens with zero attached hydrogens (tertiary/aromatic N) is 3. The van der Waals surface area contributed by atoms with E-state index in [2.05, 4.69) is 20.4 Å². The predicted molar refractivity (Wildman–Crippen MR) is 65.0 cm³/mol. The van der Waals surface area contributed by atoms with Gasteiger partial charge in [-0.25, -0.2) is 5.01 Å². The smallest absolute Gasteiger partial charge is 0.294 e. The minimum atomic E-state index is -0.152. The first kappa shape index (κ1) is 13.6. The number of carbonyl (C=O) groups excluding carboxylic acids is 2. The van der Waals surface area contributed by atoms with Crippen molar-refractivity contribution >= 4 is 23.8 Å². The van der Waals surface area contributed by atoms with Crippen molar-refractivity contribution in [1.29, 1.82) is 0 Å². The third-order valence-electron chi connectivity index (χ3n) is 1.81. The van der Waals surface area contributed by atoms with Crippen molar-refractivity contribution in [3.63, 3.8) is 0 Å². The Bertz CT molecular complexity index is 448. The summed E-state index contributed by atoms with van der Waals surface area (Å²) in [5.74, 6) is -0.152. The Morgan fingerprint density at radius 1 is 1.56 bits per heavy atom. The minimum absolute atomic E-state index is 0.0262. The summed E-state index contributed by atoms with van der Waals surface area (Å²) in [4.78, 5) is 20.9.